The molecule has 0 aromatic carbocycles. The van der Waals surface area contributed by atoms with Gasteiger partial charge in [0.15, 0.2) is 0 Å². The van der Waals surface area contributed by atoms with E-state index in [9.17, 15) is 0 Å². The molecule has 0 bridgehead atoms. The number of aliphatic hydroxyl groups excluding tert-OH is 1. The number of hydrogen-bond acceptors (Lipinski definition) is 3. The SMILES string of the molecule is OCCCC1CCCN1Cc1cccc(Cl)n1. The van der Waals surface area contributed by atoms with Gasteiger partial charge in [-0.25, -0.2) is 4.98 Å². The van der Waals surface area contributed by atoms with Gasteiger partial charge in [-0.05, 0) is 44.4 Å². The highest BCUT2D eigenvalue weighted by Crippen LogP contribution is 2.23. The Kier molecular flexibility index (Phi) is 4.77. The second kappa shape index (κ2) is 6.34. The van der Waals surface area contributed by atoms with E-state index in [0.29, 0.717) is 17.8 Å². The van der Waals surface area contributed by atoms with Gasteiger partial charge >= 0.3 is 0 Å². The van der Waals surface area contributed by atoms with Crippen molar-refractivity contribution in [2.45, 2.75) is 38.3 Å². The Hall–Kier alpha value is -0.640. The van der Waals surface area contributed by atoms with E-state index in [-0.39, 0.29) is 0 Å². The molecule has 0 aliphatic carbocycles. The predicted molar refractivity (Wildman–Crippen MR) is 69.0 cm³/mol. The van der Waals surface area contributed by atoms with Gasteiger partial charge in [0.1, 0.15) is 5.15 Å². The first kappa shape index (κ1) is 12.8. The van der Waals surface area contributed by atoms with Gasteiger partial charge in [-0.2, -0.15) is 0 Å². The summed E-state index contributed by atoms with van der Waals surface area (Å²) in [5.74, 6) is 0. The molecule has 1 fully saturated rings. The van der Waals surface area contributed by atoms with Crippen LogP contribution in [0.15, 0.2) is 18.2 Å². The molecule has 1 N–H and O–H groups in total. The van der Waals surface area contributed by atoms with Gasteiger partial charge in [0.05, 0.1) is 5.69 Å². The Morgan fingerprint density at radius 2 is 2.35 bits per heavy atom. The summed E-state index contributed by atoms with van der Waals surface area (Å²) in [5, 5.41) is 9.45. The van der Waals surface area contributed by atoms with Crippen LogP contribution in [0.25, 0.3) is 0 Å². The third kappa shape index (κ3) is 3.66. The minimum atomic E-state index is 0.291. The molecule has 1 aliphatic heterocycles. The van der Waals surface area contributed by atoms with Gasteiger partial charge < -0.3 is 5.11 Å². The van der Waals surface area contributed by atoms with Crippen molar-refractivity contribution in [3.8, 4) is 0 Å². The Labute approximate surface area is 107 Å². The van der Waals surface area contributed by atoms with E-state index in [4.69, 9.17) is 16.7 Å². The fourth-order valence-corrected chi connectivity index (χ4v) is 2.68. The maximum absolute atomic E-state index is 8.89. The van der Waals surface area contributed by atoms with Crippen LogP contribution in [0, 0.1) is 0 Å². The fraction of sp³-hybridized carbons (Fsp3) is 0.615. The Balaban J connectivity index is 1.93. The normalized spacial score (nSPS) is 20.9. The molecule has 17 heavy (non-hydrogen) atoms. The highest BCUT2D eigenvalue weighted by atomic mass is 35.5. The van der Waals surface area contributed by atoms with Gasteiger partial charge in [-0.1, -0.05) is 17.7 Å². The summed E-state index contributed by atoms with van der Waals surface area (Å²) in [6.45, 7) is 2.29. The van der Waals surface area contributed by atoms with E-state index in [2.05, 4.69) is 9.88 Å². The van der Waals surface area contributed by atoms with Gasteiger partial charge in [-0.3, -0.25) is 4.90 Å². The van der Waals surface area contributed by atoms with Crippen molar-refractivity contribution >= 4 is 11.6 Å². The molecular formula is C13H19ClN2O. The first-order chi connectivity index (χ1) is 8.29. The minimum absolute atomic E-state index is 0.291. The second-order valence-electron chi connectivity index (χ2n) is 4.58. The maximum atomic E-state index is 8.89. The molecule has 94 valence electrons. The molecule has 1 unspecified atom stereocenters. The lowest BCUT2D eigenvalue weighted by molar-refractivity contribution is 0.208. The smallest absolute Gasteiger partial charge is 0.129 e. The zero-order valence-corrected chi connectivity index (χ0v) is 10.7. The molecule has 2 rings (SSSR count). The molecule has 0 spiro atoms. The summed E-state index contributed by atoms with van der Waals surface area (Å²) in [7, 11) is 0. The zero-order valence-electron chi connectivity index (χ0n) is 9.98. The fourth-order valence-electron chi connectivity index (χ4n) is 2.50. The van der Waals surface area contributed by atoms with Crippen LogP contribution in [0.1, 0.15) is 31.4 Å². The second-order valence-corrected chi connectivity index (χ2v) is 4.97. The van der Waals surface area contributed by atoms with Crippen molar-refractivity contribution in [2.24, 2.45) is 0 Å². The minimum Gasteiger partial charge on any atom is -0.396 e. The number of nitrogens with zero attached hydrogens (tertiary/aromatic N) is 2. The van der Waals surface area contributed by atoms with Crippen molar-refractivity contribution in [1.82, 2.24) is 9.88 Å². The lowest BCUT2D eigenvalue weighted by atomic mass is 10.1. The summed E-state index contributed by atoms with van der Waals surface area (Å²) >= 11 is 5.89. The third-order valence-electron chi connectivity index (χ3n) is 3.33. The molecule has 0 radical (unpaired) electrons. The van der Waals surface area contributed by atoms with Crippen LogP contribution in [0.4, 0.5) is 0 Å². The molecule has 4 heteroatoms. The Morgan fingerprint density at radius 3 is 3.12 bits per heavy atom. The highest BCUT2D eigenvalue weighted by molar-refractivity contribution is 6.29. The molecule has 0 saturated carbocycles. The molecule has 1 atom stereocenters. The molecule has 1 saturated heterocycles. The van der Waals surface area contributed by atoms with Crippen molar-refractivity contribution < 1.29 is 5.11 Å². The molecule has 0 amide bonds. The lowest BCUT2D eigenvalue weighted by Crippen LogP contribution is -2.29. The predicted octanol–water partition coefficient (Wildman–Crippen LogP) is 2.47. The van der Waals surface area contributed by atoms with E-state index in [1.807, 2.05) is 12.1 Å². The first-order valence-electron chi connectivity index (χ1n) is 6.26. The van der Waals surface area contributed by atoms with E-state index in [1.165, 1.54) is 12.8 Å². The van der Waals surface area contributed by atoms with Crippen LogP contribution in [0.5, 0.6) is 0 Å². The molecule has 2 heterocycles. The van der Waals surface area contributed by atoms with Crippen molar-refractivity contribution in [2.75, 3.05) is 13.2 Å². The number of likely N-dealkylation sites (tertiary alicyclic amines) is 1. The number of pyridine rings is 1. The maximum Gasteiger partial charge on any atom is 0.129 e. The largest absolute Gasteiger partial charge is 0.396 e. The van der Waals surface area contributed by atoms with Crippen molar-refractivity contribution in [3.63, 3.8) is 0 Å². The number of rotatable bonds is 5. The standard InChI is InChI=1S/C13H19ClN2O/c14-13-7-1-4-11(15-13)10-16-8-2-5-12(16)6-3-9-17/h1,4,7,12,17H,2-3,5-6,8-10H2. The average molecular weight is 255 g/mol. The van der Waals surface area contributed by atoms with E-state index < -0.39 is 0 Å². The molecule has 1 aliphatic rings. The number of halogens is 1. The summed E-state index contributed by atoms with van der Waals surface area (Å²) in [5.41, 5.74) is 1.04. The summed E-state index contributed by atoms with van der Waals surface area (Å²) in [6, 6.07) is 6.37. The third-order valence-corrected chi connectivity index (χ3v) is 3.54. The number of hydrogen-bond donors (Lipinski definition) is 1. The first-order valence-corrected chi connectivity index (χ1v) is 6.64. The van der Waals surface area contributed by atoms with Gasteiger partial charge in [0, 0.05) is 19.2 Å². The zero-order chi connectivity index (χ0) is 12.1. The Morgan fingerprint density at radius 1 is 1.47 bits per heavy atom. The van der Waals surface area contributed by atoms with Crippen LogP contribution in [-0.4, -0.2) is 34.2 Å². The Bertz CT molecular complexity index is 359. The molecular weight excluding hydrogens is 236 g/mol. The topological polar surface area (TPSA) is 36.4 Å². The summed E-state index contributed by atoms with van der Waals surface area (Å²) in [6.07, 6.45) is 4.46. The summed E-state index contributed by atoms with van der Waals surface area (Å²) in [4.78, 5) is 6.78. The van der Waals surface area contributed by atoms with Crippen LogP contribution >= 0.6 is 11.6 Å². The van der Waals surface area contributed by atoms with Gasteiger partial charge in [0.25, 0.3) is 0 Å². The summed E-state index contributed by atoms with van der Waals surface area (Å²) < 4.78 is 0. The van der Waals surface area contributed by atoms with Gasteiger partial charge in [-0.15, -0.1) is 0 Å². The molecule has 3 nitrogen and oxygen atoms in total. The lowest BCUT2D eigenvalue weighted by Gasteiger charge is -2.23. The average Bonchev–Trinajstić information content (AvgIpc) is 2.74. The van der Waals surface area contributed by atoms with E-state index in [0.717, 1.165) is 31.6 Å². The van der Waals surface area contributed by atoms with Crippen LogP contribution in [-0.2, 0) is 6.54 Å². The van der Waals surface area contributed by atoms with Crippen molar-refractivity contribution in [3.05, 3.63) is 29.0 Å². The van der Waals surface area contributed by atoms with E-state index in [1.54, 1.807) is 6.07 Å². The monoisotopic (exact) mass is 254 g/mol. The number of aliphatic hydroxyl groups is 1. The quantitative estimate of drug-likeness (QED) is 0.821. The van der Waals surface area contributed by atoms with E-state index >= 15 is 0 Å². The van der Waals surface area contributed by atoms with Crippen LogP contribution < -0.4 is 0 Å². The highest BCUT2D eigenvalue weighted by Gasteiger charge is 2.24. The number of aromatic nitrogens is 1. The van der Waals surface area contributed by atoms with Crippen LogP contribution in [0.3, 0.4) is 0 Å². The van der Waals surface area contributed by atoms with Crippen molar-refractivity contribution in [1.29, 1.82) is 0 Å². The molecule has 1 aromatic heterocycles. The van der Waals surface area contributed by atoms with Crippen LogP contribution in [0.2, 0.25) is 5.15 Å². The van der Waals surface area contributed by atoms with Gasteiger partial charge in [0.2, 0.25) is 0 Å². The molecule has 1 aromatic rings.